The zero-order valence-corrected chi connectivity index (χ0v) is 10.9. The van der Waals surface area contributed by atoms with E-state index in [1.54, 1.807) is 18.6 Å². The number of benzene rings is 1. The van der Waals surface area contributed by atoms with Crippen LogP contribution in [-0.4, -0.2) is 9.55 Å². The van der Waals surface area contributed by atoms with Crippen LogP contribution >= 0.6 is 0 Å². The normalized spacial score (nSPS) is 10.9. The van der Waals surface area contributed by atoms with E-state index in [-0.39, 0.29) is 5.82 Å². The van der Waals surface area contributed by atoms with Gasteiger partial charge in [0.15, 0.2) is 0 Å². The Kier molecular flexibility index (Phi) is 3.65. The van der Waals surface area contributed by atoms with Crippen molar-refractivity contribution in [3.05, 3.63) is 47.8 Å². The van der Waals surface area contributed by atoms with Gasteiger partial charge in [-0.15, -0.1) is 0 Å². The molecule has 3 nitrogen and oxygen atoms in total. The standard InChI is InChI=1S/C14H17FN2O/c1-10(2)17-9-16-7-13(17)8-18-14-5-4-12(15)6-11(14)3/h4-7,9-10H,8H2,1-3H3. The molecular formula is C14H17FN2O. The first-order valence-electron chi connectivity index (χ1n) is 5.97. The molecule has 2 aromatic rings. The monoisotopic (exact) mass is 248 g/mol. The molecule has 18 heavy (non-hydrogen) atoms. The lowest BCUT2D eigenvalue weighted by molar-refractivity contribution is 0.289. The number of hydrogen-bond acceptors (Lipinski definition) is 2. The third kappa shape index (κ3) is 2.70. The summed E-state index contributed by atoms with van der Waals surface area (Å²) in [6.45, 7) is 6.45. The van der Waals surface area contributed by atoms with Gasteiger partial charge in [0.05, 0.1) is 18.2 Å². The fourth-order valence-corrected chi connectivity index (χ4v) is 1.84. The molecule has 0 N–H and O–H groups in total. The van der Waals surface area contributed by atoms with Crippen LogP contribution in [0.15, 0.2) is 30.7 Å². The van der Waals surface area contributed by atoms with Crippen molar-refractivity contribution in [2.75, 3.05) is 0 Å². The number of halogens is 1. The minimum Gasteiger partial charge on any atom is -0.487 e. The van der Waals surface area contributed by atoms with Crippen LogP contribution in [0.4, 0.5) is 4.39 Å². The molecule has 0 bridgehead atoms. The van der Waals surface area contributed by atoms with E-state index in [0.717, 1.165) is 11.3 Å². The Labute approximate surface area is 106 Å². The number of rotatable bonds is 4. The highest BCUT2D eigenvalue weighted by Crippen LogP contribution is 2.20. The summed E-state index contributed by atoms with van der Waals surface area (Å²) in [5.41, 5.74) is 1.80. The molecule has 0 spiro atoms. The highest BCUT2D eigenvalue weighted by Gasteiger charge is 2.07. The number of ether oxygens (including phenoxy) is 1. The van der Waals surface area contributed by atoms with E-state index in [1.165, 1.54) is 12.1 Å². The van der Waals surface area contributed by atoms with Crippen molar-refractivity contribution in [1.29, 1.82) is 0 Å². The van der Waals surface area contributed by atoms with Crippen molar-refractivity contribution >= 4 is 0 Å². The first-order chi connectivity index (χ1) is 8.58. The Morgan fingerprint density at radius 3 is 2.83 bits per heavy atom. The summed E-state index contributed by atoms with van der Waals surface area (Å²) in [7, 11) is 0. The Morgan fingerprint density at radius 2 is 2.17 bits per heavy atom. The Bertz CT molecular complexity index is 534. The summed E-state index contributed by atoms with van der Waals surface area (Å²) in [6.07, 6.45) is 3.58. The highest BCUT2D eigenvalue weighted by molar-refractivity contribution is 5.32. The van der Waals surface area contributed by atoms with Crippen LogP contribution in [0.3, 0.4) is 0 Å². The molecule has 1 aromatic heterocycles. The molecule has 0 atom stereocenters. The number of nitrogens with zero attached hydrogens (tertiary/aromatic N) is 2. The first-order valence-corrected chi connectivity index (χ1v) is 5.97. The van der Waals surface area contributed by atoms with Gasteiger partial charge in [0, 0.05) is 6.04 Å². The summed E-state index contributed by atoms with van der Waals surface area (Å²) in [5.74, 6) is 0.458. The smallest absolute Gasteiger partial charge is 0.130 e. The van der Waals surface area contributed by atoms with Crippen molar-refractivity contribution in [3.63, 3.8) is 0 Å². The highest BCUT2D eigenvalue weighted by atomic mass is 19.1. The van der Waals surface area contributed by atoms with Gasteiger partial charge in [0.25, 0.3) is 0 Å². The van der Waals surface area contributed by atoms with E-state index in [4.69, 9.17) is 4.74 Å². The fourth-order valence-electron chi connectivity index (χ4n) is 1.84. The second kappa shape index (κ2) is 5.21. The van der Waals surface area contributed by atoms with Crippen molar-refractivity contribution < 1.29 is 9.13 Å². The average Bonchev–Trinajstić information content (AvgIpc) is 2.76. The van der Waals surface area contributed by atoms with Gasteiger partial charge in [-0.2, -0.15) is 0 Å². The van der Waals surface area contributed by atoms with Gasteiger partial charge in [-0.1, -0.05) is 0 Å². The predicted molar refractivity (Wildman–Crippen MR) is 68.1 cm³/mol. The Morgan fingerprint density at radius 1 is 1.39 bits per heavy atom. The summed E-state index contributed by atoms with van der Waals surface area (Å²) >= 11 is 0. The van der Waals surface area contributed by atoms with Crippen molar-refractivity contribution in [3.8, 4) is 5.75 Å². The van der Waals surface area contributed by atoms with Crippen molar-refractivity contribution in [1.82, 2.24) is 9.55 Å². The molecule has 0 radical (unpaired) electrons. The second-order valence-corrected chi connectivity index (χ2v) is 4.58. The molecule has 0 saturated heterocycles. The number of aryl methyl sites for hydroxylation is 1. The number of hydrogen-bond donors (Lipinski definition) is 0. The largest absolute Gasteiger partial charge is 0.487 e. The third-order valence-electron chi connectivity index (χ3n) is 2.82. The molecule has 0 aliphatic heterocycles. The maximum atomic E-state index is 13.0. The molecule has 0 amide bonds. The van der Waals surface area contributed by atoms with Crippen LogP contribution in [0.1, 0.15) is 31.1 Å². The summed E-state index contributed by atoms with van der Waals surface area (Å²) in [4.78, 5) is 4.12. The Balaban J connectivity index is 2.09. The van der Waals surface area contributed by atoms with E-state index >= 15 is 0 Å². The fraction of sp³-hybridized carbons (Fsp3) is 0.357. The SMILES string of the molecule is Cc1cc(F)ccc1OCc1cncn1C(C)C. The zero-order chi connectivity index (χ0) is 13.1. The van der Waals surface area contributed by atoms with Crippen molar-refractivity contribution in [2.24, 2.45) is 0 Å². The lowest BCUT2D eigenvalue weighted by Gasteiger charge is -2.13. The topological polar surface area (TPSA) is 27.1 Å². The molecule has 1 aromatic carbocycles. The molecule has 0 unspecified atom stereocenters. The second-order valence-electron chi connectivity index (χ2n) is 4.58. The Hall–Kier alpha value is -1.84. The molecular weight excluding hydrogens is 231 g/mol. The minimum atomic E-state index is -0.243. The summed E-state index contributed by atoms with van der Waals surface area (Å²) in [5, 5.41) is 0. The van der Waals surface area contributed by atoms with Gasteiger partial charge in [0.1, 0.15) is 18.2 Å². The predicted octanol–water partition coefficient (Wildman–Crippen LogP) is 3.49. The molecule has 96 valence electrons. The van der Waals surface area contributed by atoms with E-state index < -0.39 is 0 Å². The molecule has 2 rings (SSSR count). The quantitative estimate of drug-likeness (QED) is 0.828. The third-order valence-corrected chi connectivity index (χ3v) is 2.82. The van der Waals surface area contributed by atoms with Gasteiger partial charge >= 0.3 is 0 Å². The lowest BCUT2D eigenvalue weighted by Crippen LogP contribution is -2.07. The van der Waals surface area contributed by atoms with Gasteiger partial charge in [-0.05, 0) is 44.5 Å². The molecule has 1 heterocycles. The van der Waals surface area contributed by atoms with Gasteiger partial charge in [-0.25, -0.2) is 9.37 Å². The van der Waals surface area contributed by atoms with Gasteiger partial charge < -0.3 is 9.30 Å². The van der Waals surface area contributed by atoms with Crippen LogP contribution in [0.25, 0.3) is 0 Å². The van der Waals surface area contributed by atoms with Crippen LogP contribution in [0, 0.1) is 12.7 Å². The van der Waals surface area contributed by atoms with E-state index in [1.807, 2.05) is 6.92 Å². The van der Waals surface area contributed by atoms with E-state index in [0.29, 0.717) is 18.4 Å². The number of imidazole rings is 1. The molecule has 0 aliphatic carbocycles. The van der Waals surface area contributed by atoms with Crippen molar-refractivity contribution in [2.45, 2.75) is 33.4 Å². The van der Waals surface area contributed by atoms with Gasteiger partial charge in [-0.3, -0.25) is 0 Å². The molecule has 0 aliphatic rings. The van der Waals surface area contributed by atoms with Crippen LogP contribution in [0.5, 0.6) is 5.75 Å². The van der Waals surface area contributed by atoms with E-state index in [2.05, 4.69) is 23.4 Å². The molecule has 0 fully saturated rings. The maximum absolute atomic E-state index is 13.0. The summed E-state index contributed by atoms with van der Waals surface area (Å²) < 4.78 is 20.7. The summed E-state index contributed by atoms with van der Waals surface area (Å²) in [6, 6.07) is 4.87. The lowest BCUT2D eigenvalue weighted by atomic mass is 10.2. The van der Waals surface area contributed by atoms with Crippen LogP contribution in [-0.2, 0) is 6.61 Å². The zero-order valence-electron chi connectivity index (χ0n) is 10.9. The molecule has 4 heteroatoms. The number of aromatic nitrogens is 2. The molecule has 0 saturated carbocycles. The maximum Gasteiger partial charge on any atom is 0.130 e. The average molecular weight is 248 g/mol. The van der Waals surface area contributed by atoms with Crippen LogP contribution < -0.4 is 4.74 Å². The van der Waals surface area contributed by atoms with Crippen LogP contribution in [0.2, 0.25) is 0 Å². The minimum absolute atomic E-state index is 0.243. The first kappa shape index (κ1) is 12.6. The van der Waals surface area contributed by atoms with E-state index in [9.17, 15) is 4.39 Å². The van der Waals surface area contributed by atoms with Gasteiger partial charge in [0.2, 0.25) is 0 Å².